The third-order valence-corrected chi connectivity index (χ3v) is 6.65. The summed E-state index contributed by atoms with van der Waals surface area (Å²) < 4.78 is 11.3. The fourth-order valence-electron chi connectivity index (χ4n) is 4.64. The average molecular weight is 428 g/mol. The Morgan fingerprint density at radius 2 is 2.19 bits per heavy atom. The lowest BCUT2D eigenvalue weighted by Gasteiger charge is -2.60. The van der Waals surface area contributed by atoms with Crippen molar-refractivity contribution in [3.05, 3.63) is 23.3 Å². The number of aliphatic hydroxyl groups is 1. The van der Waals surface area contributed by atoms with Crippen LogP contribution in [0.15, 0.2) is 17.7 Å². The topological polar surface area (TPSA) is 113 Å². The van der Waals surface area contributed by atoms with E-state index in [1.54, 1.807) is 19.2 Å². The van der Waals surface area contributed by atoms with Gasteiger partial charge in [-0.05, 0) is 43.4 Å². The van der Waals surface area contributed by atoms with Crippen molar-refractivity contribution in [1.29, 1.82) is 5.26 Å². The molecule has 0 amide bonds. The van der Waals surface area contributed by atoms with Crippen LogP contribution in [0.2, 0.25) is 0 Å². The molecule has 1 saturated carbocycles. The van der Waals surface area contributed by atoms with E-state index in [-0.39, 0.29) is 30.2 Å². The number of anilines is 1. The number of benzene rings is 1. The predicted molar refractivity (Wildman–Crippen MR) is 114 cm³/mol. The zero-order chi connectivity index (χ0) is 21.7. The smallest absolute Gasteiger partial charge is 0.163 e. The Hall–Kier alpha value is -2.35. The number of aliphatic hydroxyl groups excluding tert-OH is 1. The first-order valence-electron chi connectivity index (χ1n) is 10.8. The first kappa shape index (κ1) is 20.5. The highest BCUT2D eigenvalue weighted by molar-refractivity contribution is 5.76. The Balaban J connectivity index is 1.30. The van der Waals surface area contributed by atoms with E-state index in [4.69, 9.17) is 9.47 Å². The molecule has 4 aliphatic heterocycles. The van der Waals surface area contributed by atoms with E-state index in [2.05, 4.69) is 26.5 Å². The van der Waals surface area contributed by atoms with Crippen molar-refractivity contribution in [3.63, 3.8) is 0 Å². The monoisotopic (exact) mass is 427 g/mol. The highest BCUT2D eigenvalue weighted by atomic mass is 16.5. The number of nitrogens with one attached hydrogen (secondary N) is 2. The zero-order valence-electron chi connectivity index (χ0n) is 17.8. The van der Waals surface area contributed by atoms with Crippen LogP contribution in [-0.4, -0.2) is 71.7 Å². The van der Waals surface area contributed by atoms with Crippen LogP contribution in [0.25, 0.3) is 6.08 Å². The number of rotatable bonds is 7. The number of methoxy groups -OCH3 is 1. The Bertz CT molecular complexity index is 927. The van der Waals surface area contributed by atoms with Crippen LogP contribution in [0.5, 0.6) is 11.5 Å². The Kier molecular flexibility index (Phi) is 5.28. The largest absolute Gasteiger partial charge is 0.504 e. The van der Waals surface area contributed by atoms with Crippen LogP contribution in [0.4, 0.5) is 5.69 Å². The molecule has 6 unspecified atom stereocenters. The van der Waals surface area contributed by atoms with Crippen molar-refractivity contribution in [1.82, 2.24) is 15.1 Å². The van der Waals surface area contributed by atoms with Gasteiger partial charge >= 0.3 is 0 Å². The minimum Gasteiger partial charge on any atom is -0.504 e. The zero-order valence-corrected chi connectivity index (χ0v) is 17.8. The fourth-order valence-corrected chi connectivity index (χ4v) is 4.64. The molecule has 0 spiro atoms. The van der Waals surface area contributed by atoms with E-state index in [0.29, 0.717) is 24.8 Å². The van der Waals surface area contributed by atoms with Crippen LogP contribution in [0.3, 0.4) is 0 Å². The fraction of sp³-hybridized carbons (Fsp3) is 0.591. The quantitative estimate of drug-likeness (QED) is 0.478. The molecule has 166 valence electrons. The maximum absolute atomic E-state index is 10.7. The number of hydrogen-bond acceptors (Lipinski definition) is 9. The van der Waals surface area contributed by atoms with E-state index in [0.717, 1.165) is 23.5 Å². The Labute approximate surface area is 181 Å². The van der Waals surface area contributed by atoms with Gasteiger partial charge < -0.3 is 25.0 Å². The van der Waals surface area contributed by atoms with E-state index >= 15 is 0 Å². The summed E-state index contributed by atoms with van der Waals surface area (Å²) in [7, 11) is 1.63. The first-order valence-corrected chi connectivity index (χ1v) is 10.8. The van der Waals surface area contributed by atoms with Crippen LogP contribution < -0.4 is 15.4 Å². The summed E-state index contributed by atoms with van der Waals surface area (Å²) in [6.07, 6.45) is 3.12. The van der Waals surface area contributed by atoms with Crippen LogP contribution in [-0.2, 0) is 4.74 Å². The number of nitrogens with zero attached hydrogens (tertiary/aromatic N) is 3. The van der Waals surface area contributed by atoms with Crippen LogP contribution >= 0.6 is 0 Å². The van der Waals surface area contributed by atoms with Gasteiger partial charge in [-0.25, -0.2) is 4.90 Å². The second-order valence-corrected chi connectivity index (χ2v) is 8.90. The van der Waals surface area contributed by atoms with Crippen LogP contribution in [0, 0.1) is 23.2 Å². The third kappa shape index (κ3) is 3.75. The lowest BCUT2D eigenvalue weighted by molar-refractivity contribution is -0.261. The minimum absolute atomic E-state index is 0.0503. The minimum atomic E-state index is -0.856. The van der Waals surface area contributed by atoms with E-state index in [9.17, 15) is 15.5 Å². The molecule has 1 aromatic carbocycles. The molecular formula is C22H29N5O4. The summed E-state index contributed by atoms with van der Waals surface area (Å²) in [5.41, 5.74) is 2.31. The molecule has 0 radical (unpaired) electrons. The molecule has 31 heavy (non-hydrogen) atoms. The molecule has 6 rings (SSSR count). The van der Waals surface area contributed by atoms with Gasteiger partial charge in [0.15, 0.2) is 11.5 Å². The van der Waals surface area contributed by atoms with Crippen molar-refractivity contribution in [2.24, 2.45) is 11.8 Å². The molecular weight excluding hydrogens is 398 g/mol. The molecule has 4 N–H and O–H groups in total. The molecule has 5 aliphatic rings. The van der Waals surface area contributed by atoms with E-state index in [1.807, 2.05) is 13.0 Å². The lowest BCUT2D eigenvalue weighted by atomic mass is 9.96. The molecule has 9 heteroatoms. The molecule has 1 aliphatic carbocycles. The standard InChI is InChI=1S/C22H29N5O4/c1-12(24-22-26-9-15(8-23)21(30-2)27(22)11-26)16-5-14-6-18(28)19(31-10-13-3-4-13)7-17(14)25-20(16)29/h5-7,12-13,15,20-22,24-25,28-29H,3-4,9-11H2,1-2H3/t12-,15?,20?,21?,22?/m0/s1. The van der Waals surface area contributed by atoms with Gasteiger partial charge in [0.25, 0.3) is 0 Å². The van der Waals surface area contributed by atoms with E-state index < -0.39 is 6.23 Å². The molecule has 2 bridgehead atoms. The normalized spacial score (nSPS) is 34.5. The summed E-state index contributed by atoms with van der Waals surface area (Å²) in [4.78, 5) is 4.30. The second-order valence-electron chi connectivity index (χ2n) is 8.90. The van der Waals surface area contributed by atoms with Gasteiger partial charge in [-0.15, -0.1) is 0 Å². The SMILES string of the molecule is COC1C(C#N)CN2CN1C2N[C@@H](C)C1=Cc2cc(O)c(OCC3CC3)cc2NC1O. The average Bonchev–Trinajstić information content (AvgIpc) is 3.59. The maximum atomic E-state index is 10.7. The summed E-state index contributed by atoms with van der Waals surface area (Å²) >= 11 is 0. The van der Waals surface area contributed by atoms with Gasteiger partial charge in [0.05, 0.1) is 25.3 Å². The molecule has 4 heterocycles. The number of fused-ring (bicyclic) bond motifs is 3. The summed E-state index contributed by atoms with van der Waals surface area (Å²) in [6, 6.07) is 5.60. The van der Waals surface area contributed by atoms with Gasteiger partial charge in [0.2, 0.25) is 0 Å². The van der Waals surface area contributed by atoms with Gasteiger partial charge in [-0.3, -0.25) is 10.2 Å². The molecule has 4 fully saturated rings. The number of aromatic hydroxyl groups is 1. The van der Waals surface area contributed by atoms with Crippen molar-refractivity contribution in [2.45, 2.75) is 44.6 Å². The van der Waals surface area contributed by atoms with Crippen molar-refractivity contribution in [3.8, 4) is 17.6 Å². The molecule has 7 atom stereocenters. The second kappa shape index (κ2) is 7.97. The lowest BCUT2D eigenvalue weighted by Crippen LogP contribution is -2.79. The van der Waals surface area contributed by atoms with Crippen molar-refractivity contribution < 1.29 is 19.7 Å². The first-order chi connectivity index (χ1) is 15.0. The maximum Gasteiger partial charge on any atom is 0.163 e. The highest BCUT2D eigenvalue weighted by Crippen LogP contribution is 2.39. The third-order valence-electron chi connectivity index (χ3n) is 6.65. The number of phenolic OH excluding ortho intramolecular Hbond substituents is 1. The van der Waals surface area contributed by atoms with Crippen molar-refractivity contribution in [2.75, 3.05) is 32.2 Å². The van der Waals surface area contributed by atoms with Gasteiger partial charge in [0.1, 0.15) is 18.7 Å². The number of hydrogen-bond donors (Lipinski definition) is 4. The summed E-state index contributed by atoms with van der Waals surface area (Å²) in [6.45, 7) is 4.01. The number of nitriles is 1. The number of phenols is 1. The Morgan fingerprint density at radius 1 is 1.39 bits per heavy atom. The molecule has 9 nitrogen and oxygen atoms in total. The summed E-state index contributed by atoms with van der Waals surface area (Å²) in [5.74, 6) is 0.949. The molecule has 3 saturated heterocycles. The van der Waals surface area contributed by atoms with Gasteiger partial charge in [-0.1, -0.05) is 0 Å². The summed E-state index contributed by atoms with van der Waals surface area (Å²) in [5, 5.41) is 37.1. The van der Waals surface area contributed by atoms with E-state index in [1.165, 1.54) is 12.8 Å². The predicted octanol–water partition coefficient (Wildman–Crippen LogP) is 1.27. The van der Waals surface area contributed by atoms with Crippen molar-refractivity contribution >= 4 is 11.8 Å². The van der Waals surface area contributed by atoms with Crippen LogP contribution in [0.1, 0.15) is 25.3 Å². The Morgan fingerprint density at radius 3 is 2.90 bits per heavy atom. The van der Waals surface area contributed by atoms with Gasteiger partial charge in [-0.2, -0.15) is 5.26 Å². The highest BCUT2D eigenvalue weighted by Gasteiger charge is 2.50. The van der Waals surface area contributed by atoms with Gasteiger partial charge in [0, 0.05) is 37.0 Å². The number of ether oxygens (including phenoxy) is 2. The molecule has 1 aromatic rings. The molecule has 0 aromatic heterocycles.